The van der Waals surface area contributed by atoms with E-state index >= 15 is 0 Å². The van der Waals surface area contributed by atoms with E-state index in [0.29, 0.717) is 6.04 Å². The highest BCUT2D eigenvalue weighted by molar-refractivity contribution is 5.28. The molecule has 1 aliphatic rings. The Balaban J connectivity index is 1.80. The van der Waals surface area contributed by atoms with Crippen molar-refractivity contribution < 1.29 is 0 Å². The van der Waals surface area contributed by atoms with E-state index < -0.39 is 0 Å². The van der Waals surface area contributed by atoms with Crippen LogP contribution in [0.4, 0.5) is 0 Å². The molecule has 3 nitrogen and oxygen atoms in total. The molecule has 0 spiro atoms. The Kier molecular flexibility index (Phi) is 4.43. The lowest BCUT2D eigenvalue weighted by Crippen LogP contribution is -2.32. The second-order valence-corrected chi connectivity index (χ2v) is 5.46. The number of hydrogen-bond donors (Lipinski definition) is 1. The van der Waals surface area contributed by atoms with Crippen molar-refractivity contribution in [2.24, 2.45) is 13.0 Å². The van der Waals surface area contributed by atoms with Gasteiger partial charge in [-0.05, 0) is 43.2 Å². The predicted molar refractivity (Wildman–Crippen MR) is 73.0 cm³/mol. The van der Waals surface area contributed by atoms with Crippen molar-refractivity contribution in [1.82, 2.24) is 9.88 Å². The summed E-state index contributed by atoms with van der Waals surface area (Å²) in [7, 11) is 1.93. The van der Waals surface area contributed by atoms with Crippen LogP contribution < -0.4 is 5.32 Å². The molecule has 0 amide bonds. The molecule has 0 saturated heterocycles. The summed E-state index contributed by atoms with van der Waals surface area (Å²) in [5.74, 6) is 0.949. The first-order valence-electron chi connectivity index (χ1n) is 7.01. The van der Waals surface area contributed by atoms with Gasteiger partial charge >= 0.3 is 0 Å². The minimum absolute atomic E-state index is 0.665. The maximum absolute atomic E-state index is 8.91. The van der Waals surface area contributed by atoms with Gasteiger partial charge in [0.1, 0.15) is 11.8 Å². The van der Waals surface area contributed by atoms with Gasteiger partial charge in [-0.15, -0.1) is 0 Å². The Labute approximate surface area is 110 Å². The normalized spacial score (nSPS) is 23.8. The van der Waals surface area contributed by atoms with E-state index in [1.54, 1.807) is 0 Å². The number of rotatable bonds is 4. The largest absolute Gasteiger partial charge is 0.342 e. The Bertz CT molecular complexity index is 419. The number of aromatic nitrogens is 1. The fourth-order valence-corrected chi connectivity index (χ4v) is 2.88. The second-order valence-electron chi connectivity index (χ2n) is 5.46. The maximum Gasteiger partial charge on any atom is 0.120 e. The Morgan fingerprint density at radius 3 is 2.67 bits per heavy atom. The summed E-state index contributed by atoms with van der Waals surface area (Å²) >= 11 is 0. The molecule has 0 atom stereocenters. The predicted octanol–water partition coefficient (Wildman–Crippen LogP) is 2.96. The molecule has 0 bridgehead atoms. The Morgan fingerprint density at radius 1 is 1.39 bits per heavy atom. The van der Waals surface area contributed by atoms with Crippen molar-refractivity contribution in [1.29, 1.82) is 5.26 Å². The van der Waals surface area contributed by atoms with Crippen LogP contribution in [0.25, 0.3) is 0 Å². The average molecular weight is 245 g/mol. The van der Waals surface area contributed by atoms with Gasteiger partial charge in [-0.25, -0.2) is 0 Å². The van der Waals surface area contributed by atoms with Crippen LogP contribution in [0.3, 0.4) is 0 Å². The number of hydrogen-bond acceptors (Lipinski definition) is 2. The van der Waals surface area contributed by atoms with Crippen LogP contribution >= 0.6 is 0 Å². The van der Waals surface area contributed by atoms with E-state index in [9.17, 15) is 0 Å². The third-order valence-corrected chi connectivity index (χ3v) is 4.20. The first kappa shape index (κ1) is 13.2. The van der Waals surface area contributed by atoms with Crippen molar-refractivity contribution in [3.8, 4) is 6.07 Å². The fraction of sp³-hybridized carbons (Fsp3) is 0.667. The van der Waals surface area contributed by atoms with Crippen LogP contribution in [0.1, 0.15) is 50.3 Å². The smallest absolute Gasteiger partial charge is 0.120 e. The first-order valence-corrected chi connectivity index (χ1v) is 7.01. The van der Waals surface area contributed by atoms with Crippen LogP contribution in [0.15, 0.2) is 12.3 Å². The molecule has 1 heterocycles. The quantitative estimate of drug-likeness (QED) is 0.886. The molecule has 1 fully saturated rings. The average Bonchev–Trinajstić information content (AvgIpc) is 2.77. The van der Waals surface area contributed by atoms with Gasteiger partial charge in [0.25, 0.3) is 0 Å². The van der Waals surface area contributed by atoms with Gasteiger partial charge < -0.3 is 9.88 Å². The summed E-state index contributed by atoms with van der Waals surface area (Å²) in [6.07, 6.45) is 8.71. The van der Waals surface area contributed by atoms with Crippen molar-refractivity contribution in [2.45, 2.75) is 51.6 Å². The first-order chi connectivity index (χ1) is 8.72. The van der Waals surface area contributed by atoms with E-state index in [1.165, 1.54) is 37.7 Å². The van der Waals surface area contributed by atoms with Crippen molar-refractivity contribution in [3.63, 3.8) is 0 Å². The molecule has 0 aliphatic heterocycles. The Hall–Kier alpha value is -1.27. The molecule has 0 aromatic carbocycles. The second kappa shape index (κ2) is 6.06. The highest BCUT2D eigenvalue weighted by Crippen LogP contribution is 2.26. The molecular weight excluding hydrogens is 222 g/mol. The molecule has 98 valence electrons. The van der Waals surface area contributed by atoms with Crippen molar-refractivity contribution in [3.05, 3.63) is 23.5 Å². The number of nitrogens with one attached hydrogen (secondary N) is 1. The molecule has 1 aromatic rings. The minimum Gasteiger partial charge on any atom is -0.342 e. The van der Waals surface area contributed by atoms with E-state index in [-0.39, 0.29) is 0 Å². The van der Waals surface area contributed by atoms with Gasteiger partial charge in [-0.2, -0.15) is 5.26 Å². The molecule has 0 radical (unpaired) electrons. The molecule has 1 aromatic heterocycles. The highest BCUT2D eigenvalue weighted by Gasteiger charge is 2.19. The molecule has 3 heteroatoms. The van der Waals surface area contributed by atoms with Crippen LogP contribution in [0, 0.1) is 17.2 Å². The lowest BCUT2D eigenvalue weighted by Gasteiger charge is -2.28. The zero-order valence-corrected chi connectivity index (χ0v) is 11.4. The third-order valence-electron chi connectivity index (χ3n) is 4.20. The number of nitriles is 1. The summed E-state index contributed by atoms with van der Waals surface area (Å²) in [6.45, 7) is 3.18. The molecule has 1 N–H and O–H groups in total. The van der Waals surface area contributed by atoms with Crippen LogP contribution in [0.2, 0.25) is 0 Å². The number of aryl methyl sites for hydroxylation is 1. The summed E-state index contributed by atoms with van der Waals surface area (Å²) in [5, 5.41) is 12.5. The molecule has 0 unspecified atom stereocenters. The van der Waals surface area contributed by atoms with Crippen LogP contribution in [-0.2, 0) is 13.6 Å². The molecule has 1 aliphatic carbocycles. The summed E-state index contributed by atoms with van der Waals surface area (Å²) in [5.41, 5.74) is 1.95. The minimum atomic E-state index is 0.665. The summed E-state index contributed by atoms with van der Waals surface area (Å²) in [6, 6.07) is 4.84. The van der Waals surface area contributed by atoms with Gasteiger partial charge in [0.05, 0.1) is 0 Å². The summed E-state index contributed by atoms with van der Waals surface area (Å²) in [4.78, 5) is 0. The third kappa shape index (κ3) is 3.14. The zero-order valence-electron chi connectivity index (χ0n) is 11.4. The maximum atomic E-state index is 8.91. The molecule has 1 saturated carbocycles. The van der Waals surface area contributed by atoms with E-state index in [1.807, 2.05) is 23.9 Å². The molecule has 2 rings (SSSR count). The van der Waals surface area contributed by atoms with Crippen molar-refractivity contribution in [2.75, 3.05) is 0 Å². The van der Waals surface area contributed by atoms with Crippen LogP contribution in [-0.4, -0.2) is 10.6 Å². The van der Waals surface area contributed by atoms with Crippen molar-refractivity contribution >= 4 is 0 Å². The monoisotopic (exact) mass is 245 g/mol. The van der Waals surface area contributed by atoms with Gasteiger partial charge in [0.15, 0.2) is 0 Å². The van der Waals surface area contributed by atoms with E-state index in [2.05, 4.69) is 18.3 Å². The van der Waals surface area contributed by atoms with E-state index in [0.717, 1.165) is 18.2 Å². The molecular formula is C15H23N3. The SMILES string of the molecule is CCC1CCC(NCc2cc(C#N)n(C)c2)CC1. The lowest BCUT2D eigenvalue weighted by atomic mass is 9.84. The lowest BCUT2D eigenvalue weighted by molar-refractivity contribution is 0.285. The standard InChI is InChI=1S/C15H23N3/c1-3-12-4-6-14(7-5-12)17-10-13-8-15(9-16)18(2)11-13/h8,11-12,14,17H,3-7,10H2,1-2H3. The topological polar surface area (TPSA) is 40.8 Å². The van der Waals surface area contributed by atoms with Gasteiger partial charge in [-0.1, -0.05) is 13.3 Å². The number of nitrogens with zero attached hydrogens (tertiary/aromatic N) is 2. The fourth-order valence-electron chi connectivity index (χ4n) is 2.88. The van der Waals surface area contributed by atoms with Gasteiger partial charge in [-0.3, -0.25) is 0 Å². The Morgan fingerprint density at radius 2 is 2.11 bits per heavy atom. The highest BCUT2D eigenvalue weighted by atomic mass is 15.0. The van der Waals surface area contributed by atoms with Crippen LogP contribution in [0.5, 0.6) is 0 Å². The van der Waals surface area contributed by atoms with E-state index in [4.69, 9.17) is 5.26 Å². The molecule has 18 heavy (non-hydrogen) atoms. The van der Waals surface area contributed by atoms with Gasteiger partial charge in [0.2, 0.25) is 0 Å². The van der Waals surface area contributed by atoms with Gasteiger partial charge in [0, 0.05) is 25.8 Å². The summed E-state index contributed by atoms with van der Waals surface area (Å²) < 4.78 is 1.89. The zero-order chi connectivity index (χ0) is 13.0.